The molecule has 3 heteroatoms. The van der Waals surface area contributed by atoms with E-state index in [-0.39, 0.29) is 6.61 Å². The van der Waals surface area contributed by atoms with Crippen LogP contribution in [0, 0.1) is 17.2 Å². The molecule has 0 amide bonds. The van der Waals surface area contributed by atoms with Crippen LogP contribution < -0.4 is 4.74 Å². The smallest absolute Gasteiger partial charge is 0.120 e. The summed E-state index contributed by atoms with van der Waals surface area (Å²) >= 11 is 0. The molecule has 0 fully saturated rings. The standard InChI is InChI=1S/C12H15NO2/c1-9(2)8-15-12-4-10(6-13)3-11(5-12)7-14/h3-5,9,14H,7-8H2,1-2H3. The molecular formula is C12H15NO2. The van der Waals surface area contributed by atoms with Gasteiger partial charge in [0.25, 0.3) is 0 Å². The highest BCUT2D eigenvalue weighted by molar-refractivity contribution is 5.40. The molecule has 0 saturated heterocycles. The SMILES string of the molecule is CC(C)COc1cc(C#N)cc(CO)c1. The van der Waals surface area contributed by atoms with Gasteiger partial charge in [0, 0.05) is 0 Å². The maximum atomic E-state index is 8.99. The zero-order valence-corrected chi connectivity index (χ0v) is 9.03. The molecule has 0 bridgehead atoms. The summed E-state index contributed by atoms with van der Waals surface area (Å²) in [6, 6.07) is 7.13. The minimum absolute atomic E-state index is 0.0758. The van der Waals surface area contributed by atoms with E-state index in [1.807, 2.05) is 6.07 Å². The molecule has 0 aliphatic carbocycles. The van der Waals surface area contributed by atoms with Crippen molar-refractivity contribution < 1.29 is 9.84 Å². The molecule has 0 spiro atoms. The molecule has 0 radical (unpaired) electrons. The molecule has 1 rings (SSSR count). The minimum atomic E-state index is -0.0758. The van der Waals surface area contributed by atoms with E-state index in [0.717, 1.165) is 0 Å². The van der Waals surface area contributed by atoms with Crippen LogP contribution in [-0.4, -0.2) is 11.7 Å². The van der Waals surface area contributed by atoms with Crippen molar-refractivity contribution in [3.63, 3.8) is 0 Å². The quantitative estimate of drug-likeness (QED) is 0.818. The third kappa shape index (κ3) is 3.61. The number of nitriles is 1. The van der Waals surface area contributed by atoms with Crippen LogP contribution in [0.3, 0.4) is 0 Å². The average molecular weight is 205 g/mol. The lowest BCUT2D eigenvalue weighted by Crippen LogP contribution is -2.05. The Bertz CT molecular complexity index is 366. The van der Waals surface area contributed by atoms with Gasteiger partial charge in [-0.3, -0.25) is 0 Å². The molecule has 1 aromatic carbocycles. The maximum Gasteiger partial charge on any atom is 0.120 e. The second-order valence-corrected chi connectivity index (χ2v) is 3.84. The number of benzene rings is 1. The molecule has 0 heterocycles. The van der Waals surface area contributed by atoms with E-state index in [1.54, 1.807) is 18.2 Å². The van der Waals surface area contributed by atoms with Gasteiger partial charge in [-0.15, -0.1) is 0 Å². The first-order valence-corrected chi connectivity index (χ1v) is 4.93. The lowest BCUT2D eigenvalue weighted by atomic mass is 10.1. The van der Waals surface area contributed by atoms with Crippen LogP contribution in [0.15, 0.2) is 18.2 Å². The van der Waals surface area contributed by atoms with E-state index in [9.17, 15) is 0 Å². The van der Waals surface area contributed by atoms with Crippen LogP contribution >= 0.6 is 0 Å². The number of rotatable bonds is 4. The van der Waals surface area contributed by atoms with E-state index < -0.39 is 0 Å². The maximum absolute atomic E-state index is 8.99. The topological polar surface area (TPSA) is 53.2 Å². The summed E-state index contributed by atoms with van der Waals surface area (Å²) in [7, 11) is 0. The first-order valence-electron chi connectivity index (χ1n) is 4.93. The molecule has 0 aliphatic rings. The van der Waals surface area contributed by atoms with Gasteiger partial charge >= 0.3 is 0 Å². The van der Waals surface area contributed by atoms with Crippen molar-refractivity contribution in [3.05, 3.63) is 29.3 Å². The number of hydrogen-bond donors (Lipinski definition) is 1. The molecule has 1 N–H and O–H groups in total. The number of aliphatic hydroxyl groups excluding tert-OH is 1. The largest absolute Gasteiger partial charge is 0.493 e. The Balaban J connectivity index is 2.83. The number of ether oxygens (including phenoxy) is 1. The summed E-state index contributed by atoms with van der Waals surface area (Å²) in [5.74, 6) is 1.08. The average Bonchev–Trinajstić information content (AvgIpc) is 2.25. The van der Waals surface area contributed by atoms with Gasteiger partial charge in [0.1, 0.15) is 5.75 Å². The van der Waals surface area contributed by atoms with Crippen molar-refractivity contribution in [2.24, 2.45) is 5.92 Å². The summed E-state index contributed by atoms with van der Waals surface area (Å²) in [4.78, 5) is 0. The molecule has 0 atom stereocenters. The highest BCUT2D eigenvalue weighted by Crippen LogP contribution is 2.17. The number of hydrogen-bond acceptors (Lipinski definition) is 3. The second kappa shape index (κ2) is 5.38. The third-order valence-corrected chi connectivity index (χ3v) is 1.86. The molecule has 3 nitrogen and oxygen atoms in total. The fourth-order valence-corrected chi connectivity index (χ4v) is 1.16. The van der Waals surface area contributed by atoms with E-state index in [1.165, 1.54) is 0 Å². The highest BCUT2D eigenvalue weighted by atomic mass is 16.5. The van der Waals surface area contributed by atoms with Crippen LogP contribution in [-0.2, 0) is 6.61 Å². The Kier molecular flexibility index (Phi) is 4.14. The van der Waals surface area contributed by atoms with E-state index in [4.69, 9.17) is 15.1 Å². The van der Waals surface area contributed by atoms with Crippen molar-refractivity contribution >= 4 is 0 Å². The molecule has 80 valence electrons. The van der Waals surface area contributed by atoms with Crippen LogP contribution in [0.4, 0.5) is 0 Å². The van der Waals surface area contributed by atoms with Gasteiger partial charge < -0.3 is 9.84 Å². The first kappa shape index (κ1) is 11.5. The molecule has 15 heavy (non-hydrogen) atoms. The van der Waals surface area contributed by atoms with Gasteiger partial charge in [-0.25, -0.2) is 0 Å². The Morgan fingerprint density at radius 1 is 1.40 bits per heavy atom. The fraction of sp³-hybridized carbons (Fsp3) is 0.417. The van der Waals surface area contributed by atoms with Gasteiger partial charge in [0.15, 0.2) is 0 Å². The second-order valence-electron chi connectivity index (χ2n) is 3.84. The molecule has 0 saturated carbocycles. The van der Waals surface area contributed by atoms with E-state index >= 15 is 0 Å². The predicted octanol–water partition coefficient (Wildman–Crippen LogP) is 2.09. The lowest BCUT2D eigenvalue weighted by molar-refractivity contribution is 0.265. The lowest BCUT2D eigenvalue weighted by Gasteiger charge is -2.09. The van der Waals surface area contributed by atoms with Crippen LogP contribution in [0.2, 0.25) is 0 Å². The summed E-state index contributed by atoms with van der Waals surface area (Å²) in [6.07, 6.45) is 0. The van der Waals surface area contributed by atoms with Crippen molar-refractivity contribution in [2.75, 3.05) is 6.61 Å². The fourth-order valence-electron chi connectivity index (χ4n) is 1.16. The van der Waals surface area contributed by atoms with Crippen molar-refractivity contribution in [1.82, 2.24) is 0 Å². The van der Waals surface area contributed by atoms with Crippen molar-refractivity contribution in [2.45, 2.75) is 20.5 Å². The minimum Gasteiger partial charge on any atom is -0.493 e. The summed E-state index contributed by atoms with van der Waals surface area (Å²) < 4.78 is 5.49. The zero-order valence-electron chi connectivity index (χ0n) is 9.03. The monoisotopic (exact) mass is 205 g/mol. The third-order valence-electron chi connectivity index (χ3n) is 1.86. The predicted molar refractivity (Wildman–Crippen MR) is 57.4 cm³/mol. The van der Waals surface area contributed by atoms with Crippen LogP contribution in [0.5, 0.6) is 5.75 Å². The highest BCUT2D eigenvalue weighted by Gasteiger charge is 2.02. The van der Waals surface area contributed by atoms with Crippen molar-refractivity contribution in [1.29, 1.82) is 5.26 Å². The van der Waals surface area contributed by atoms with E-state index in [2.05, 4.69) is 13.8 Å². The van der Waals surface area contributed by atoms with Gasteiger partial charge in [0.05, 0.1) is 24.8 Å². The van der Waals surface area contributed by atoms with Gasteiger partial charge in [-0.05, 0) is 29.7 Å². The normalized spacial score (nSPS) is 10.1. The van der Waals surface area contributed by atoms with Gasteiger partial charge in [-0.1, -0.05) is 13.8 Å². The van der Waals surface area contributed by atoms with Gasteiger partial charge in [-0.2, -0.15) is 5.26 Å². The Morgan fingerprint density at radius 3 is 2.67 bits per heavy atom. The zero-order chi connectivity index (χ0) is 11.3. The molecule has 0 aromatic heterocycles. The molecule has 0 unspecified atom stereocenters. The Morgan fingerprint density at radius 2 is 2.13 bits per heavy atom. The summed E-state index contributed by atoms with van der Waals surface area (Å²) in [5, 5.41) is 17.8. The molecular weight excluding hydrogens is 190 g/mol. The van der Waals surface area contributed by atoms with Crippen molar-refractivity contribution in [3.8, 4) is 11.8 Å². The summed E-state index contributed by atoms with van der Waals surface area (Å²) in [5.41, 5.74) is 1.22. The number of nitrogens with zero attached hydrogens (tertiary/aromatic N) is 1. The van der Waals surface area contributed by atoms with E-state index in [0.29, 0.717) is 29.4 Å². The Hall–Kier alpha value is -1.53. The number of aliphatic hydroxyl groups is 1. The molecule has 1 aromatic rings. The molecule has 0 aliphatic heterocycles. The summed E-state index contributed by atoms with van der Waals surface area (Å²) in [6.45, 7) is 4.65. The van der Waals surface area contributed by atoms with Gasteiger partial charge in [0.2, 0.25) is 0 Å². The van der Waals surface area contributed by atoms with Crippen LogP contribution in [0.1, 0.15) is 25.0 Å². The van der Waals surface area contributed by atoms with Crippen LogP contribution in [0.25, 0.3) is 0 Å². The Labute approximate surface area is 89.9 Å². The first-order chi connectivity index (χ1) is 7.15.